The molecule has 1 atom stereocenters. The Morgan fingerprint density at radius 1 is 1.71 bits per heavy atom. The topological polar surface area (TPSA) is 48.7 Å². The van der Waals surface area contributed by atoms with Gasteiger partial charge in [-0.3, -0.25) is 0 Å². The summed E-state index contributed by atoms with van der Waals surface area (Å²) in [7, 11) is 0. The number of nitrogens with one attached hydrogen (secondary N) is 1. The molecule has 4 heteroatoms. The van der Waals surface area contributed by atoms with Crippen molar-refractivity contribution in [3.05, 3.63) is 16.1 Å². The molecule has 0 amide bonds. The summed E-state index contributed by atoms with van der Waals surface area (Å²) in [5.74, 6) is 0. The molecule has 0 bridgehead atoms. The van der Waals surface area contributed by atoms with Crippen LogP contribution in [0, 0.1) is 18.3 Å². The average molecular weight is 209 g/mol. The van der Waals surface area contributed by atoms with Gasteiger partial charge < -0.3 is 5.32 Å². The van der Waals surface area contributed by atoms with Crippen LogP contribution < -0.4 is 5.32 Å². The molecule has 1 rings (SSSR count). The van der Waals surface area contributed by atoms with Gasteiger partial charge in [0.15, 0.2) is 0 Å². The van der Waals surface area contributed by atoms with Crippen LogP contribution in [0.4, 0.5) is 0 Å². The first-order valence-electron chi connectivity index (χ1n) is 4.77. The molecule has 3 nitrogen and oxygen atoms in total. The molecule has 1 N–H and O–H groups in total. The molecule has 0 spiro atoms. The summed E-state index contributed by atoms with van der Waals surface area (Å²) < 4.78 is 0. The first-order chi connectivity index (χ1) is 6.77. The summed E-state index contributed by atoms with van der Waals surface area (Å²) >= 11 is 1.66. The maximum Gasteiger partial charge on any atom is 0.0798 e. The van der Waals surface area contributed by atoms with Gasteiger partial charge in [0.2, 0.25) is 0 Å². The molecule has 0 aliphatic carbocycles. The molecular weight excluding hydrogens is 194 g/mol. The Morgan fingerprint density at radius 2 is 2.50 bits per heavy atom. The van der Waals surface area contributed by atoms with Crippen LogP contribution in [0.15, 0.2) is 5.51 Å². The van der Waals surface area contributed by atoms with E-state index in [4.69, 9.17) is 5.26 Å². The highest BCUT2D eigenvalue weighted by Crippen LogP contribution is 2.12. The van der Waals surface area contributed by atoms with E-state index in [1.54, 1.807) is 11.3 Å². The maximum absolute atomic E-state index is 8.58. The zero-order valence-corrected chi connectivity index (χ0v) is 9.40. The van der Waals surface area contributed by atoms with E-state index in [0.29, 0.717) is 12.5 Å². The van der Waals surface area contributed by atoms with Crippen LogP contribution in [-0.2, 0) is 6.54 Å². The minimum atomic E-state index is 0.307. The van der Waals surface area contributed by atoms with Gasteiger partial charge in [0.05, 0.1) is 23.7 Å². The monoisotopic (exact) mass is 209 g/mol. The number of thiazole rings is 1. The first kappa shape index (κ1) is 11.2. The van der Waals surface area contributed by atoms with E-state index in [1.165, 1.54) is 4.88 Å². The molecule has 0 fully saturated rings. The van der Waals surface area contributed by atoms with Gasteiger partial charge in [0.1, 0.15) is 0 Å². The number of aryl methyl sites for hydroxylation is 1. The molecule has 14 heavy (non-hydrogen) atoms. The van der Waals surface area contributed by atoms with Crippen molar-refractivity contribution in [1.82, 2.24) is 10.3 Å². The van der Waals surface area contributed by atoms with Crippen LogP contribution in [-0.4, -0.2) is 11.0 Å². The molecule has 0 aromatic carbocycles. The third kappa shape index (κ3) is 3.09. The van der Waals surface area contributed by atoms with Crippen LogP contribution >= 0.6 is 11.3 Å². The standard InChI is InChI=1S/C10H15N3S/c1-3-9(4-5-11)12-6-10-8(2)13-7-14-10/h7,9,12H,3-4,6H2,1-2H3. The van der Waals surface area contributed by atoms with Crippen molar-refractivity contribution in [3.63, 3.8) is 0 Å². The van der Waals surface area contributed by atoms with E-state index >= 15 is 0 Å². The Labute approximate surface area is 88.8 Å². The van der Waals surface area contributed by atoms with E-state index < -0.39 is 0 Å². The third-order valence-corrected chi connectivity index (χ3v) is 3.16. The van der Waals surface area contributed by atoms with Crippen molar-refractivity contribution >= 4 is 11.3 Å². The molecule has 0 saturated heterocycles. The Balaban J connectivity index is 2.40. The van der Waals surface area contributed by atoms with E-state index in [2.05, 4.69) is 23.3 Å². The molecule has 1 heterocycles. The van der Waals surface area contributed by atoms with Gasteiger partial charge in [-0.2, -0.15) is 5.26 Å². The molecular formula is C10H15N3S. The number of hydrogen-bond acceptors (Lipinski definition) is 4. The van der Waals surface area contributed by atoms with Crippen molar-refractivity contribution < 1.29 is 0 Å². The lowest BCUT2D eigenvalue weighted by atomic mass is 10.1. The molecule has 0 aliphatic heterocycles. The van der Waals surface area contributed by atoms with Crippen molar-refractivity contribution in [2.75, 3.05) is 0 Å². The van der Waals surface area contributed by atoms with E-state index in [-0.39, 0.29) is 0 Å². The zero-order valence-electron chi connectivity index (χ0n) is 8.58. The lowest BCUT2D eigenvalue weighted by Crippen LogP contribution is -2.27. The fourth-order valence-corrected chi connectivity index (χ4v) is 1.93. The van der Waals surface area contributed by atoms with Crippen molar-refractivity contribution in [2.24, 2.45) is 0 Å². The Morgan fingerprint density at radius 3 is 3.00 bits per heavy atom. The average Bonchev–Trinajstić information content (AvgIpc) is 2.59. The van der Waals surface area contributed by atoms with E-state index in [0.717, 1.165) is 18.7 Å². The smallest absolute Gasteiger partial charge is 0.0798 e. The number of hydrogen-bond donors (Lipinski definition) is 1. The lowest BCUT2D eigenvalue weighted by Gasteiger charge is -2.12. The molecule has 0 aliphatic rings. The SMILES string of the molecule is CCC(CC#N)NCc1scnc1C. The van der Waals surface area contributed by atoms with Crippen molar-refractivity contribution in [1.29, 1.82) is 5.26 Å². The number of rotatable bonds is 5. The summed E-state index contributed by atoms with van der Waals surface area (Å²) in [4.78, 5) is 5.45. The second-order valence-electron chi connectivity index (χ2n) is 3.21. The van der Waals surface area contributed by atoms with Gasteiger partial charge >= 0.3 is 0 Å². The largest absolute Gasteiger partial charge is 0.308 e. The normalized spacial score (nSPS) is 12.4. The van der Waals surface area contributed by atoms with Crippen molar-refractivity contribution in [3.8, 4) is 6.07 Å². The molecule has 1 unspecified atom stereocenters. The van der Waals surface area contributed by atoms with E-state index in [1.807, 2.05) is 12.4 Å². The highest BCUT2D eigenvalue weighted by Gasteiger charge is 2.06. The van der Waals surface area contributed by atoms with Crippen LogP contribution in [0.25, 0.3) is 0 Å². The summed E-state index contributed by atoms with van der Waals surface area (Å²) in [5, 5.41) is 11.9. The Hall–Kier alpha value is -0.920. The number of nitrogens with zero attached hydrogens (tertiary/aromatic N) is 2. The molecule has 76 valence electrons. The second-order valence-corrected chi connectivity index (χ2v) is 4.15. The minimum Gasteiger partial charge on any atom is -0.308 e. The summed E-state index contributed by atoms with van der Waals surface area (Å²) in [6.45, 7) is 4.93. The molecule has 0 radical (unpaired) electrons. The predicted octanol–water partition coefficient (Wildman–Crippen LogP) is 2.23. The maximum atomic E-state index is 8.58. The van der Waals surface area contributed by atoms with Gasteiger partial charge in [0.25, 0.3) is 0 Å². The highest BCUT2D eigenvalue weighted by molar-refractivity contribution is 7.09. The van der Waals surface area contributed by atoms with Crippen LogP contribution in [0.2, 0.25) is 0 Å². The third-order valence-electron chi connectivity index (χ3n) is 2.23. The summed E-state index contributed by atoms with van der Waals surface area (Å²) in [5.41, 5.74) is 2.95. The van der Waals surface area contributed by atoms with Gasteiger partial charge in [-0.25, -0.2) is 4.98 Å². The van der Waals surface area contributed by atoms with Gasteiger partial charge in [0, 0.05) is 17.5 Å². The summed E-state index contributed by atoms with van der Waals surface area (Å²) in [6.07, 6.45) is 1.57. The molecule has 0 saturated carbocycles. The molecule has 1 aromatic rings. The van der Waals surface area contributed by atoms with Crippen LogP contribution in [0.1, 0.15) is 30.3 Å². The van der Waals surface area contributed by atoms with E-state index in [9.17, 15) is 0 Å². The lowest BCUT2D eigenvalue weighted by molar-refractivity contribution is 0.506. The highest BCUT2D eigenvalue weighted by atomic mass is 32.1. The zero-order chi connectivity index (χ0) is 10.4. The first-order valence-corrected chi connectivity index (χ1v) is 5.65. The fourth-order valence-electron chi connectivity index (χ4n) is 1.20. The quantitative estimate of drug-likeness (QED) is 0.809. The Bertz CT molecular complexity index is 313. The minimum absolute atomic E-state index is 0.307. The Kier molecular flexibility index (Phi) is 4.57. The second kappa shape index (κ2) is 5.74. The molecule has 1 aromatic heterocycles. The van der Waals surface area contributed by atoms with Gasteiger partial charge in [-0.1, -0.05) is 6.92 Å². The fraction of sp³-hybridized carbons (Fsp3) is 0.600. The number of aromatic nitrogens is 1. The number of nitriles is 1. The van der Waals surface area contributed by atoms with Gasteiger partial charge in [-0.05, 0) is 13.3 Å². The summed E-state index contributed by atoms with van der Waals surface area (Å²) in [6, 6.07) is 2.50. The van der Waals surface area contributed by atoms with Gasteiger partial charge in [-0.15, -0.1) is 11.3 Å². The van der Waals surface area contributed by atoms with Crippen molar-refractivity contribution in [2.45, 2.75) is 39.3 Å². The predicted molar refractivity (Wildman–Crippen MR) is 58.0 cm³/mol. The van der Waals surface area contributed by atoms with Crippen LogP contribution in [0.3, 0.4) is 0 Å². The van der Waals surface area contributed by atoms with Crippen LogP contribution in [0.5, 0.6) is 0 Å².